The minimum absolute atomic E-state index is 0.00363. The Balaban J connectivity index is 0.00000148. The molecule has 10 unspecified atom stereocenters. The zero-order valence-corrected chi connectivity index (χ0v) is 84.0. The van der Waals surface area contributed by atoms with E-state index in [-0.39, 0.29) is 241 Å². The average Bonchev–Trinajstić information content (AvgIpc) is 1.11. The number of carboxylic acid groups (broad SMARTS) is 1. The van der Waals surface area contributed by atoms with Crippen molar-refractivity contribution in [2.24, 2.45) is 93.7 Å². The zero-order valence-electron chi connectivity index (χ0n) is 84.0. The van der Waals surface area contributed by atoms with Crippen LogP contribution in [0.2, 0.25) is 0 Å². The fourth-order valence-corrected chi connectivity index (χ4v) is 17.1. The van der Waals surface area contributed by atoms with Gasteiger partial charge in [0.15, 0.2) is 23.9 Å². The lowest BCUT2D eigenvalue weighted by Crippen LogP contribution is -2.60. The maximum atomic E-state index is 12.1. The second-order valence-corrected chi connectivity index (χ2v) is 38.5. The number of carboxylic acids is 1. The highest BCUT2D eigenvalue weighted by molar-refractivity contribution is 5.78. The molecule has 0 aromatic rings. The van der Waals surface area contributed by atoms with Gasteiger partial charge in [0.25, 0.3) is 0 Å². The summed E-state index contributed by atoms with van der Waals surface area (Å²) in [6.45, 7) is 75.3. The number of amides is 2. The lowest BCUT2D eigenvalue weighted by Gasteiger charge is -2.49. The van der Waals surface area contributed by atoms with Crippen LogP contribution in [0.3, 0.4) is 0 Å². The third-order valence-corrected chi connectivity index (χ3v) is 25.0. The molecule has 6 rings (SSSR count). The third kappa shape index (κ3) is 37.4. The summed E-state index contributed by atoms with van der Waals surface area (Å²) in [4.78, 5) is 136. The van der Waals surface area contributed by atoms with Crippen LogP contribution in [0.1, 0.15) is 303 Å². The van der Waals surface area contributed by atoms with E-state index in [4.69, 9.17) is 71.1 Å². The van der Waals surface area contributed by atoms with E-state index in [9.17, 15) is 62.6 Å². The predicted molar refractivity (Wildman–Crippen MR) is 474 cm³/mol. The summed E-state index contributed by atoms with van der Waals surface area (Å²) in [5, 5.41) is 15.9. The monoisotopic (exact) mass is 1790 g/mol. The molecule has 2 amide bonds. The van der Waals surface area contributed by atoms with Gasteiger partial charge in [0.2, 0.25) is 11.8 Å². The van der Waals surface area contributed by atoms with Gasteiger partial charge in [-0.1, -0.05) is 201 Å². The highest BCUT2D eigenvalue weighted by atomic mass is 16.7. The molecule has 6 heterocycles. The van der Waals surface area contributed by atoms with Crippen molar-refractivity contribution in [2.75, 3.05) is 19.8 Å². The van der Waals surface area contributed by atoms with Crippen LogP contribution in [-0.2, 0) is 129 Å². The van der Waals surface area contributed by atoms with E-state index in [1.54, 1.807) is 13.8 Å². The lowest BCUT2D eigenvalue weighted by atomic mass is 9.72. The van der Waals surface area contributed by atoms with Crippen molar-refractivity contribution in [3.63, 3.8) is 0 Å². The number of hydrogen-bond acceptors (Lipinski definition) is 27. The molecular formula is C95H170N2O28. The Morgan fingerprint density at radius 3 is 0.976 bits per heavy atom. The highest BCUT2D eigenvalue weighted by Crippen LogP contribution is 2.46. The molecule has 6 fully saturated rings. The van der Waals surface area contributed by atoms with Crippen molar-refractivity contribution in [2.45, 2.75) is 424 Å². The second-order valence-electron chi connectivity index (χ2n) is 38.5. The van der Waals surface area contributed by atoms with Gasteiger partial charge in [-0.15, -0.1) is 0 Å². The summed E-state index contributed by atoms with van der Waals surface area (Å²) in [7, 11) is 0. The zero-order chi connectivity index (χ0) is 97.5. The molecule has 6 aliphatic heterocycles. The normalized spacial score (nSPS) is 32.9. The molecule has 6 saturated heterocycles. The van der Waals surface area contributed by atoms with Crippen LogP contribution in [0.4, 0.5) is 0 Å². The maximum Gasteiger partial charge on any atom is 0.336 e. The summed E-state index contributed by atoms with van der Waals surface area (Å²) in [5.41, 5.74) is -1.57. The first-order chi connectivity index (χ1) is 57.5. The van der Waals surface area contributed by atoms with Crippen LogP contribution in [0, 0.1) is 93.7 Å². The topological polar surface area (TPSA) is 388 Å². The lowest BCUT2D eigenvalue weighted by molar-refractivity contribution is -0.243. The van der Waals surface area contributed by atoms with E-state index in [1.807, 2.05) is 62.3 Å². The van der Waals surface area contributed by atoms with Crippen molar-refractivity contribution in [3.05, 3.63) is 0 Å². The second kappa shape index (κ2) is 54.8. The predicted octanol–water partition coefficient (Wildman–Crippen LogP) is 15.0. The first-order valence-electron chi connectivity index (χ1n) is 45.7. The Hall–Kier alpha value is -6.60. The molecule has 3 N–H and O–H groups in total. The molecule has 6 aliphatic rings. The third-order valence-electron chi connectivity index (χ3n) is 25.0. The fourth-order valence-electron chi connectivity index (χ4n) is 17.1. The largest absolute Gasteiger partial charge is 0.479 e. The number of hydrogen-bond donors (Lipinski definition) is 3. The molecule has 0 radical (unpaired) electrons. The first-order valence-corrected chi connectivity index (χ1v) is 45.7. The van der Waals surface area contributed by atoms with Crippen LogP contribution in [0.15, 0.2) is 0 Å². The van der Waals surface area contributed by atoms with E-state index in [2.05, 4.69) is 135 Å². The number of rotatable bonds is 24. The smallest absolute Gasteiger partial charge is 0.336 e. The van der Waals surface area contributed by atoms with Gasteiger partial charge in [0, 0.05) is 88.0 Å². The van der Waals surface area contributed by atoms with Crippen LogP contribution >= 0.6 is 0 Å². The van der Waals surface area contributed by atoms with Crippen LogP contribution in [0.25, 0.3) is 0 Å². The van der Waals surface area contributed by atoms with Gasteiger partial charge in [-0.25, -0.2) is 4.79 Å². The highest BCUT2D eigenvalue weighted by Gasteiger charge is 2.57. The summed E-state index contributed by atoms with van der Waals surface area (Å²) in [6, 6.07) is -0.00726. The first kappa shape index (κ1) is 118. The molecule has 0 aromatic heterocycles. The molecular weight excluding hydrogens is 1620 g/mol. The SMILES string of the molecule is CC.CC(=O)NC1[C@H](C(C)C)OC(COC(C)=O)[C@@H](C)[C@@H]1C.CC(=O)NC1[C@H](C(C)C)OC(COC(C)=O)[C@@H](C)[C@@H]1C.CC(=O)OCC1O[C@@H](C(C)(C)C)C(OC(C)=O)[C@@H](C)[C@H]1C.CCC1O[C@H](C(C)(C)C)C(OC(C)=O)[C@@H](C)[C@@H]1C.CC[C@@H](OC(C)=O)[C@@H](OC(C)=O)C1O[C@](C(=O)O)(C(C)C)C[C@@H](C)[C@H]1C.CC[C@H]1O[C@H](C(C)C)C(OC(C)=O)[C@H]1OC(C)=O. The van der Waals surface area contributed by atoms with Gasteiger partial charge < -0.3 is 86.8 Å². The number of esters is 9. The number of carbonyl (C=O) groups excluding carboxylic acids is 11. The quantitative estimate of drug-likeness (QED) is 0.0597. The Kier molecular flexibility index (Phi) is 51.9. The van der Waals surface area contributed by atoms with Crippen molar-refractivity contribution >= 4 is 71.5 Å². The summed E-state index contributed by atoms with van der Waals surface area (Å²) < 4.78 is 84.3. The van der Waals surface area contributed by atoms with Gasteiger partial charge in [-0.05, 0) is 108 Å². The number of ether oxygens (including phenoxy) is 15. The molecule has 728 valence electrons. The minimum Gasteiger partial charge on any atom is -0.479 e. The Morgan fingerprint density at radius 1 is 0.376 bits per heavy atom. The van der Waals surface area contributed by atoms with Gasteiger partial charge in [0.05, 0.1) is 60.9 Å². The Bertz CT molecular complexity index is 3260. The van der Waals surface area contributed by atoms with E-state index in [0.717, 1.165) is 6.42 Å². The molecule has 0 bridgehead atoms. The van der Waals surface area contributed by atoms with Crippen molar-refractivity contribution in [1.29, 1.82) is 0 Å². The van der Waals surface area contributed by atoms with Crippen molar-refractivity contribution < 1.29 is 134 Å². The van der Waals surface area contributed by atoms with Crippen LogP contribution < -0.4 is 10.6 Å². The van der Waals surface area contributed by atoms with Gasteiger partial charge in [0.1, 0.15) is 56.4 Å². The standard InChI is InChI=1S/C19H32O7.C16H28O5.2C15H27NO4.C15H28O3.C13H22O5.C2H6/c1-8-15(24-13(6)20)17(25-14(7)21)16-12(5)11(4)9-19(26-16,10(2)3)18(22)23;1-9-10(2)14(20-12(4)18)15(16(5,6)7)21-13(9)8-19-11(3)17;2*1-8(2)15-14(16-11(5)17)10(4)9(3)13(20-15)7-19-12(6)18;1-8-12-9(2)10(3)13(17-11(4)16)14(18-12)15(5,6)7;1-6-10-12(16-8(4)14)13(17-9(5)15)11(18-10)7(2)3;1-2/h10-12,15-17H,8-9H2,1-7H3,(H,22,23);9-10,13-15H,8H2,1-7H3;2*8-10,13-15H,7H2,1-6H3,(H,16,17);9-10,12-14H,8H2,1-7H3;7,10-13H,6H2,1-5H3;1-2H3/t11-,12-,15-,16?,17-,19+;9-,10+,13?,14?,15-;2*9-,10-,13?,14?,15-;9-,10-,12?,13?,14-;10-,11-,12+,13?;/m110001./s1. The Labute approximate surface area is 750 Å². The van der Waals surface area contributed by atoms with E-state index in [1.165, 1.54) is 76.2 Å². The molecule has 0 spiro atoms. The van der Waals surface area contributed by atoms with Crippen molar-refractivity contribution in [3.8, 4) is 0 Å². The maximum absolute atomic E-state index is 12.1. The van der Waals surface area contributed by atoms with Crippen LogP contribution in [0.5, 0.6) is 0 Å². The molecule has 0 aliphatic carbocycles. The van der Waals surface area contributed by atoms with E-state index >= 15 is 0 Å². The number of carbonyl (C=O) groups is 12. The molecule has 0 saturated carbocycles. The molecule has 125 heavy (non-hydrogen) atoms. The Morgan fingerprint density at radius 2 is 0.688 bits per heavy atom. The average molecular weight is 1790 g/mol. The summed E-state index contributed by atoms with van der Waals surface area (Å²) in [5.74, 6) is -1.93. The molecule has 30 atom stereocenters. The number of nitrogens with one attached hydrogen (secondary N) is 2. The van der Waals surface area contributed by atoms with E-state index in [0.29, 0.717) is 31.1 Å². The van der Waals surface area contributed by atoms with Gasteiger partial charge in [-0.2, -0.15) is 0 Å². The summed E-state index contributed by atoms with van der Waals surface area (Å²) in [6.07, 6.45) is -2.20. The summed E-state index contributed by atoms with van der Waals surface area (Å²) >= 11 is 0. The van der Waals surface area contributed by atoms with Crippen molar-refractivity contribution in [1.82, 2.24) is 10.6 Å². The molecule has 30 nitrogen and oxygen atoms in total. The number of aliphatic carboxylic acids is 1. The minimum atomic E-state index is -1.37. The molecule has 0 aromatic carbocycles. The molecule has 30 heteroatoms. The van der Waals surface area contributed by atoms with Crippen LogP contribution in [-0.4, -0.2) is 218 Å². The fraction of sp³-hybridized carbons (Fsp3) is 0.874. The van der Waals surface area contributed by atoms with Gasteiger partial charge >= 0.3 is 59.7 Å². The van der Waals surface area contributed by atoms with Gasteiger partial charge in [-0.3, -0.25) is 52.7 Å². The van der Waals surface area contributed by atoms with E-state index < -0.39 is 54.0 Å².